The van der Waals surface area contributed by atoms with Crippen molar-refractivity contribution in [1.82, 2.24) is 0 Å². The molecule has 0 amide bonds. The average molecular weight is 1510 g/mol. The maximum absolute atomic E-state index is 12.6. The summed E-state index contributed by atoms with van der Waals surface area (Å²) in [4.78, 5) is 24.8. The molecule has 11 aromatic carbocycles. The van der Waals surface area contributed by atoms with Gasteiger partial charge in [-0.15, -0.1) is 0 Å². The monoisotopic (exact) mass is 1500 g/mol. The molecule has 6 nitrogen and oxygen atoms in total. The molecule has 0 aliphatic heterocycles. The van der Waals surface area contributed by atoms with Gasteiger partial charge in [-0.1, -0.05) is 286 Å². The Morgan fingerprint density at radius 2 is 0.754 bits per heavy atom. The van der Waals surface area contributed by atoms with E-state index in [0.29, 0.717) is 48.4 Å². The van der Waals surface area contributed by atoms with E-state index in [9.17, 15) is 9.59 Å². The first-order valence-electron chi connectivity index (χ1n) is 43.4. The smallest absolute Gasteiger partial charge is 0.311 e. The highest BCUT2D eigenvalue weighted by Crippen LogP contribution is 2.49. The summed E-state index contributed by atoms with van der Waals surface area (Å²) in [6.45, 7) is 2.82. The van der Waals surface area contributed by atoms with Gasteiger partial charge >= 0.3 is 11.9 Å². The van der Waals surface area contributed by atoms with Crippen molar-refractivity contribution < 1.29 is 28.5 Å². The van der Waals surface area contributed by atoms with Gasteiger partial charge in [-0.05, 0) is 298 Å². The topological polar surface area (TPSA) is 71.1 Å². The predicted molar refractivity (Wildman–Crippen MR) is 469 cm³/mol. The molecule has 11 aromatic rings. The van der Waals surface area contributed by atoms with Crippen LogP contribution in [0.4, 0.5) is 0 Å². The van der Waals surface area contributed by atoms with Crippen LogP contribution in [0.1, 0.15) is 132 Å². The fourth-order valence-corrected chi connectivity index (χ4v) is 21.1. The van der Waals surface area contributed by atoms with Gasteiger partial charge in [0.2, 0.25) is 0 Å². The number of rotatable bonds is 24. The van der Waals surface area contributed by atoms with Gasteiger partial charge in [0.05, 0.1) is 19.1 Å². The van der Waals surface area contributed by atoms with E-state index >= 15 is 0 Å². The van der Waals surface area contributed by atoms with Crippen molar-refractivity contribution >= 4 is 55.0 Å². The molecule has 10 aliphatic carbocycles. The molecule has 114 heavy (non-hydrogen) atoms. The minimum atomic E-state index is -0.108. The number of ether oxygens (including phenoxy) is 4. The summed E-state index contributed by atoms with van der Waals surface area (Å²) in [5.41, 5.74) is 8.80. The molecule has 0 N–H and O–H groups in total. The fourth-order valence-electron chi connectivity index (χ4n) is 21.1. The molecule has 0 saturated heterocycles. The van der Waals surface area contributed by atoms with Crippen LogP contribution in [-0.4, -0.2) is 25.2 Å². The Hall–Kier alpha value is -10.1. The molecular weight excluding hydrogens is 1390 g/mol. The largest absolute Gasteiger partial charge is 0.494 e. The third kappa shape index (κ3) is 19.3. The number of unbranched alkanes of at least 4 members (excludes halogenated alkanes) is 2. The summed E-state index contributed by atoms with van der Waals surface area (Å²) in [5, 5.41) is 9.86. The Bertz CT molecular complexity index is 5150. The van der Waals surface area contributed by atoms with Crippen molar-refractivity contribution in [2.75, 3.05) is 13.2 Å². The van der Waals surface area contributed by atoms with Gasteiger partial charge in [0, 0.05) is 18.6 Å². The quantitative estimate of drug-likeness (QED) is 0.0197. The lowest BCUT2D eigenvalue weighted by Crippen LogP contribution is -2.21. The number of allylic oxidation sites excluding steroid dienone is 10. The van der Waals surface area contributed by atoms with Crippen LogP contribution < -0.4 is 9.47 Å². The van der Waals surface area contributed by atoms with E-state index in [4.69, 9.17) is 18.9 Å². The van der Waals surface area contributed by atoms with Crippen LogP contribution in [0.3, 0.4) is 0 Å². The van der Waals surface area contributed by atoms with E-state index in [-0.39, 0.29) is 17.9 Å². The zero-order valence-electron chi connectivity index (χ0n) is 66.3. The van der Waals surface area contributed by atoms with Crippen molar-refractivity contribution in [3.63, 3.8) is 0 Å². The standard InChI is InChI=1S/C23H20O2.C23H26.C22H26O.C21H20O2.C19H20O/c24-23(21-12-15-9-10-18(21)11-15)25-14-22-19-7-3-1-5-16(19)13-17-6-2-4-8-20(17)22;1-2-7-20(8-3-1)21-13-10-18(11-14-21)6-4-5-9-22-16-19-12-15-23(22)17-19;1-2-6-20-15-18(9-10-19(20)5-1)16-23-12-4-3-7-21-13-17-8-11-22(21)14-17;22-21(14-19-13-15-6-7-18(19)12-15)23-20-10-8-17(9-11-20)16-4-2-1-3-5-16;1-2-4-16-13-19(8-7-15(16)3-1)20-10-9-18-12-14-5-6-17(18)11-14/h1-10,13,15,18,21H,11-12,14H2;1-3,7-8,10-15,19,22-23H,4-6,9,16-17H2;1-2,5-6,8-11,15,17,21-22H,3-4,7,12-14,16H2;1-11,15,18-19H,12-14H2;1-8,13-14,17-18H,9-12H2. The minimum absolute atomic E-state index is 0.0335. The Morgan fingerprint density at radius 1 is 0.316 bits per heavy atom. The van der Waals surface area contributed by atoms with Gasteiger partial charge in [-0.25, -0.2) is 0 Å². The summed E-state index contributed by atoms with van der Waals surface area (Å²) in [7, 11) is 0. The number of hydrogen-bond donors (Lipinski definition) is 0. The predicted octanol–water partition coefficient (Wildman–Crippen LogP) is 26.9. The van der Waals surface area contributed by atoms with Gasteiger partial charge in [-0.2, -0.15) is 0 Å². The van der Waals surface area contributed by atoms with Crippen molar-refractivity contribution in [2.24, 2.45) is 88.8 Å². The van der Waals surface area contributed by atoms with Gasteiger partial charge < -0.3 is 18.9 Å². The molecule has 0 heterocycles. The summed E-state index contributed by atoms with van der Waals surface area (Å²) in [5.74, 6) is 12.4. The van der Waals surface area contributed by atoms with Crippen molar-refractivity contribution in [1.29, 1.82) is 0 Å². The van der Waals surface area contributed by atoms with Crippen LogP contribution in [0.15, 0.2) is 309 Å². The lowest BCUT2D eigenvalue weighted by atomic mass is 9.88. The summed E-state index contributed by atoms with van der Waals surface area (Å²) >= 11 is 0. The SMILES string of the molecule is C1=CC2CC1CC2CCCCOCc1ccc2ccccc2c1.C1=CC2CC1CC2CCCCc1ccc(-c2ccccc2)cc1.C1=CC2CC1CC2CCOc1ccc2ccccc2c1.O=C(CC1CC2C=CC1C2)Oc1ccc(-c2ccccc2)cc1.O=C(OCc1c2ccccc2cc2ccccc12)C1CC2C=CC1C2. The Kier molecular flexibility index (Phi) is 24.8. The van der Waals surface area contributed by atoms with Crippen LogP contribution in [0.2, 0.25) is 0 Å². The third-order valence-corrected chi connectivity index (χ3v) is 27.1. The highest BCUT2D eigenvalue weighted by molar-refractivity contribution is 6.02. The number of esters is 2. The van der Waals surface area contributed by atoms with Gasteiger partial charge in [0.25, 0.3) is 0 Å². The molecular formula is C108H112O6. The number of carbonyl (C=O) groups is 2. The Balaban J connectivity index is 0.000000103. The minimum Gasteiger partial charge on any atom is -0.494 e. The average Bonchev–Trinajstić information content (AvgIpc) is 1.32. The van der Waals surface area contributed by atoms with E-state index in [1.165, 1.54) is 167 Å². The molecule has 21 rings (SSSR count). The van der Waals surface area contributed by atoms with E-state index in [0.717, 1.165) is 109 Å². The summed E-state index contributed by atoms with van der Waals surface area (Å²) in [6, 6.07) is 86.5. The molecule has 6 heteroatoms. The number of carbonyl (C=O) groups excluding carboxylic acids is 2. The van der Waals surface area contributed by atoms with Crippen LogP contribution in [0, 0.1) is 88.8 Å². The number of benzene rings is 11. The third-order valence-electron chi connectivity index (χ3n) is 27.1. The molecule has 5 saturated carbocycles. The van der Waals surface area contributed by atoms with Crippen LogP contribution in [-0.2, 0) is 38.7 Å². The second-order valence-electron chi connectivity index (χ2n) is 34.7. The molecule has 10 aliphatic rings. The highest BCUT2D eigenvalue weighted by Gasteiger charge is 2.42. The zero-order valence-corrected chi connectivity index (χ0v) is 66.3. The van der Waals surface area contributed by atoms with Gasteiger partial charge in [-0.3, -0.25) is 9.59 Å². The molecule has 0 radical (unpaired) electrons. The van der Waals surface area contributed by atoms with Crippen molar-refractivity contribution in [2.45, 2.75) is 135 Å². The van der Waals surface area contributed by atoms with E-state index < -0.39 is 0 Å². The van der Waals surface area contributed by atoms with Crippen LogP contribution in [0.25, 0.3) is 65.3 Å². The normalized spacial score (nSPS) is 25.3. The van der Waals surface area contributed by atoms with Crippen molar-refractivity contribution in [3.8, 4) is 33.8 Å². The maximum atomic E-state index is 12.6. The second-order valence-corrected chi connectivity index (χ2v) is 34.7. The van der Waals surface area contributed by atoms with E-state index in [1.54, 1.807) is 0 Å². The Morgan fingerprint density at radius 3 is 1.28 bits per heavy atom. The van der Waals surface area contributed by atoms with Crippen LogP contribution in [0.5, 0.6) is 11.5 Å². The lowest BCUT2D eigenvalue weighted by Gasteiger charge is -2.18. The fraction of sp³-hybridized carbons (Fsp3) is 0.352. The molecule has 15 atom stereocenters. The highest BCUT2D eigenvalue weighted by atomic mass is 16.5. The summed E-state index contributed by atoms with van der Waals surface area (Å²) < 4.78 is 23.2. The van der Waals surface area contributed by atoms with E-state index in [1.807, 2.05) is 54.6 Å². The van der Waals surface area contributed by atoms with Gasteiger partial charge in [0.1, 0.15) is 18.1 Å². The molecule has 10 bridgehead atoms. The zero-order chi connectivity index (χ0) is 76.8. The van der Waals surface area contributed by atoms with Crippen molar-refractivity contribution in [3.05, 3.63) is 326 Å². The summed E-state index contributed by atoms with van der Waals surface area (Å²) in [6.07, 6.45) is 47.8. The van der Waals surface area contributed by atoms with Crippen LogP contribution >= 0.6 is 0 Å². The maximum Gasteiger partial charge on any atom is 0.311 e. The molecule has 0 spiro atoms. The van der Waals surface area contributed by atoms with E-state index in [2.05, 4.69) is 255 Å². The Labute approximate surface area is 676 Å². The first-order chi connectivity index (χ1) is 56.2. The molecule has 5 fully saturated rings. The number of hydrogen-bond acceptors (Lipinski definition) is 6. The molecule has 580 valence electrons. The first kappa shape index (κ1) is 76.5. The second kappa shape index (κ2) is 37.0. The molecule has 15 unspecified atom stereocenters. The first-order valence-corrected chi connectivity index (χ1v) is 43.4. The lowest BCUT2D eigenvalue weighted by molar-refractivity contribution is -0.150. The number of aryl methyl sites for hydroxylation is 1. The number of fused-ring (bicyclic) bond motifs is 14. The van der Waals surface area contributed by atoms with Gasteiger partial charge in [0.15, 0.2) is 0 Å². The molecule has 0 aromatic heterocycles.